The molecule has 0 aromatic carbocycles. The molecule has 81 heavy (non-hydrogen) atoms. The zero-order valence-electron chi connectivity index (χ0n) is 52.0. The maximum Gasteiger partial charge on any atom is 0.305 e. The van der Waals surface area contributed by atoms with Gasteiger partial charge in [0.25, 0.3) is 0 Å². The topological polar surface area (TPSA) is 175 Å². The number of allylic oxidation sites excluding steroid dienone is 11. The van der Waals surface area contributed by atoms with Crippen molar-refractivity contribution < 1.29 is 49.3 Å². The van der Waals surface area contributed by atoms with Crippen molar-refractivity contribution in [1.82, 2.24) is 5.32 Å². The molecule has 6 N–H and O–H groups in total. The van der Waals surface area contributed by atoms with E-state index in [1.807, 2.05) is 19.1 Å². The van der Waals surface area contributed by atoms with Gasteiger partial charge in [-0.25, -0.2) is 0 Å². The van der Waals surface area contributed by atoms with Crippen LogP contribution in [0, 0.1) is 0 Å². The van der Waals surface area contributed by atoms with Crippen molar-refractivity contribution in [2.75, 3.05) is 19.8 Å². The first-order chi connectivity index (χ1) is 39.7. The highest BCUT2D eigenvalue weighted by molar-refractivity contribution is 5.76. The Balaban J connectivity index is 1.94. The third kappa shape index (κ3) is 48.1. The van der Waals surface area contributed by atoms with Crippen LogP contribution in [0.25, 0.3) is 0 Å². The molecule has 0 aromatic rings. The molecule has 1 saturated heterocycles. The lowest BCUT2D eigenvalue weighted by molar-refractivity contribution is -0.302. The quantitative estimate of drug-likeness (QED) is 0.0195. The molecule has 0 aliphatic carbocycles. The van der Waals surface area contributed by atoms with Crippen molar-refractivity contribution >= 4 is 11.9 Å². The van der Waals surface area contributed by atoms with Gasteiger partial charge < -0.3 is 45.1 Å². The minimum Gasteiger partial charge on any atom is -0.466 e. The van der Waals surface area contributed by atoms with Crippen LogP contribution in [-0.4, -0.2) is 100 Å². The number of hydrogen-bond donors (Lipinski definition) is 6. The fourth-order valence-corrected chi connectivity index (χ4v) is 10.3. The summed E-state index contributed by atoms with van der Waals surface area (Å²) in [6.45, 7) is 4.07. The van der Waals surface area contributed by atoms with Gasteiger partial charge in [0.05, 0.1) is 32.0 Å². The second kappa shape index (κ2) is 58.9. The summed E-state index contributed by atoms with van der Waals surface area (Å²) in [5.41, 5.74) is 0. The predicted octanol–water partition coefficient (Wildman–Crippen LogP) is 16.7. The number of amides is 1. The molecule has 0 spiro atoms. The van der Waals surface area contributed by atoms with E-state index in [9.17, 15) is 35.1 Å². The number of hydrogen-bond acceptors (Lipinski definition) is 10. The van der Waals surface area contributed by atoms with Crippen LogP contribution in [0.15, 0.2) is 72.9 Å². The van der Waals surface area contributed by atoms with Gasteiger partial charge in [0.15, 0.2) is 6.29 Å². The molecule has 0 aromatic heterocycles. The molecule has 1 aliphatic rings. The molecule has 11 heteroatoms. The zero-order chi connectivity index (χ0) is 58.7. The average molecular weight is 1140 g/mol. The summed E-state index contributed by atoms with van der Waals surface area (Å²) in [5.74, 6) is -0.208. The van der Waals surface area contributed by atoms with E-state index in [4.69, 9.17) is 14.2 Å². The molecule has 0 saturated carbocycles. The monoisotopic (exact) mass is 1140 g/mol. The first-order valence-electron chi connectivity index (χ1n) is 33.7. The number of carbonyl (C=O) groups excluding carboxylic acids is 2. The molecule has 1 fully saturated rings. The Labute approximate surface area is 496 Å². The highest BCUT2D eigenvalue weighted by Gasteiger charge is 2.44. The second-order valence-electron chi connectivity index (χ2n) is 23.2. The molecule has 1 rings (SSSR count). The third-order valence-corrected chi connectivity index (χ3v) is 15.6. The molecular weight excluding hydrogens is 1010 g/mol. The lowest BCUT2D eigenvalue weighted by atomic mass is 9.99. The summed E-state index contributed by atoms with van der Waals surface area (Å²) >= 11 is 0. The highest BCUT2D eigenvalue weighted by Crippen LogP contribution is 2.23. The van der Waals surface area contributed by atoms with Crippen molar-refractivity contribution in [3.05, 3.63) is 72.9 Å². The number of ether oxygens (including phenoxy) is 3. The predicted molar refractivity (Wildman–Crippen MR) is 338 cm³/mol. The number of esters is 1. The molecular formula is C70H125NO10. The van der Waals surface area contributed by atoms with Crippen LogP contribution in [-0.2, 0) is 23.8 Å². The lowest BCUT2D eigenvalue weighted by Crippen LogP contribution is -2.60. The van der Waals surface area contributed by atoms with Gasteiger partial charge in [-0.05, 0) is 110 Å². The smallest absolute Gasteiger partial charge is 0.305 e. The summed E-state index contributed by atoms with van der Waals surface area (Å²) in [5, 5.41) is 54.2. The van der Waals surface area contributed by atoms with Gasteiger partial charge in [0, 0.05) is 12.8 Å². The van der Waals surface area contributed by atoms with E-state index in [0.29, 0.717) is 19.4 Å². The minimum absolute atomic E-state index is 0.00799. The van der Waals surface area contributed by atoms with E-state index in [-0.39, 0.29) is 18.5 Å². The molecule has 1 amide bonds. The first kappa shape index (κ1) is 76.1. The Bertz CT molecular complexity index is 1580. The summed E-state index contributed by atoms with van der Waals surface area (Å²) < 4.78 is 16.7. The van der Waals surface area contributed by atoms with Crippen molar-refractivity contribution in [2.45, 2.75) is 339 Å². The van der Waals surface area contributed by atoms with Crippen molar-refractivity contribution in [3.8, 4) is 0 Å². The fourth-order valence-electron chi connectivity index (χ4n) is 10.3. The normalized spacial score (nSPS) is 18.7. The van der Waals surface area contributed by atoms with Crippen molar-refractivity contribution in [1.29, 1.82) is 0 Å². The van der Waals surface area contributed by atoms with Gasteiger partial charge >= 0.3 is 5.97 Å². The maximum absolute atomic E-state index is 13.0. The summed E-state index contributed by atoms with van der Waals surface area (Å²) in [6.07, 6.45) is 69.2. The minimum atomic E-state index is -1.58. The molecule has 470 valence electrons. The zero-order valence-corrected chi connectivity index (χ0v) is 52.0. The van der Waals surface area contributed by atoms with E-state index >= 15 is 0 Å². The summed E-state index contributed by atoms with van der Waals surface area (Å²) in [4.78, 5) is 25.1. The Hall–Kier alpha value is -2.90. The molecule has 1 aliphatic heterocycles. The standard InChI is InChI=1S/C70H125NO10/c1-3-5-7-9-11-13-14-15-16-32-35-38-42-46-50-54-58-66(75)79-59-55-51-47-43-39-36-33-30-28-26-24-22-20-18-17-19-21-23-25-27-29-31-34-37-41-45-49-53-57-65(74)71-62(63(73)56-52-48-44-40-12-10-8-6-4-2)61-80-70-69(78)68(77)67(76)64(60-72)81-70/h4,6,12-14,16-18,32,40,52,56,62-64,67-70,72-73,76-78H,3,5,7-11,15,19-31,33-39,41-51,53-55,57-61H2,1-2H3,(H,71,74)/b6-4+,14-13-,18-17-,32-16-,40-12+,56-52+. The number of unbranched alkanes of at least 4 members (excludes halogenated alkanes) is 35. The summed E-state index contributed by atoms with van der Waals surface area (Å²) in [6, 6.07) is -0.835. The third-order valence-electron chi connectivity index (χ3n) is 15.6. The molecule has 0 radical (unpaired) electrons. The van der Waals surface area contributed by atoms with Crippen LogP contribution >= 0.6 is 0 Å². The molecule has 7 atom stereocenters. The number of carbonyl (C=O) groups is 2. The Kier molecular flexibility index (Phi) is 55.3. The Morgan fingerprint density at radius 1 is 0.481 bits per heavy atom. The van der Waals surface area contributed by atoms with E-state index in [0.717, 1.165) is 70.6 Å². The van der Waals surface area contributed by atoms with Gasteiger partial charge in [-0.1, -0.05) is 247 Å². The number of nitrogens with one attached hydrogen (secondary N) is 1. The van der Waals surface area contributed by atoms with Crippen LogP contribution in [0.1, 0.15) is 296 Å². The van der Waals surface area contributed by atoms with Gasteiger partial charge in [-0.2, -0.15) is 0 Å². The van der Waals surface area contributed by atoms with Gasteiger partial charge in [-0.15, -0.1) is 0 Å². The largest absolute Gasteiger partial charge is 0.466 e. The van der Waals surface area contributed by atoms with Crippen molar-refractivity contribution in [3.63, 3.8) is 0 Å². The van der Waals surface area contributed by atoms with Crippen LogP contribution in [0.3, 0.4) is 0 Å². The Morgan fingerprint density at radius 3 is 1.37 bits per heavy atom. The number of aliphatic hydroxyl groups excluding tert-OH is 5. The van der Waals surface area contributed by atoms with Crippen LogP contribution in [0.4, 0.5) is 0 Å². The molecule has 7 unspecified atom stereocenters. The summed E-state index contributed by atoms with van der Waals surface area (Å²) in [7, 11) is 0. The van der Waals surface area contributed by atoms with Gasteiger partial charge in [-0.3, -0.25) is 9.59 Å². The molecule has 0 bridgehead atoms. The maximum atomic E-state index is 13.0. The lowest BCUT2D eigenvalue weighted by Gasteiger charge is -2.40. The highest BCUT2D eigenvalue weighted by atomic mass is 16.7. The first-order valence-corrected chi connectivity index (χ1v) is 33.7. The Morgan fingerprint density at radius 2 is 0.889 bits per heavy atom. The van der Waals surface area contributed by atoms with E-state index < -0.39 is 49.5 Å². The number of rotatable bonds is 58. The fraction of sp³-hybridized carbons (Fsp3) is 0.800. The van der Waals surface area contributed by atoms with Crippen LogP contribution in [0.5, 0.6) is 0 Å². The molecule has 11 nitrogen and oxygen atoms in total. The second-order valence-corrected chi connectivity index (χ2v) is 23.2. The average Bonchev–Trinajstić information content (AvgIpc) is 3.47. The molecule has 1 heterocycles. The number of aliphatic hydroxyl groups is 5. The van der Waals surface area contributed by atoms with Gasteiger partial charge in [0.2, 0.25) is 5.91 Å². The van der Waals surface area contributed by atoms with Gasteiger partial charge in [0.1, 0.15) is 24.4 Å². The van der Waals surface area contributed by atoms with E-state index in [1.165, 1.54) is 199 Å². The van der Waals surface area contributed by atoms with E-state index in [1.54, 1.807) is 6.08 Å². The SMILES string of the molecule is C/C=C/CC/C=C/CC/C=C/C(O)C(COC1OC(CO)C(O)C(O)C1O)NC(=O)CCCCCCCCCCCCCC/C=C\CCCCCCCCCCCCCCOC(=O)CCCCCCC/C=C\C/C=C\CCCCCC. The van der Waals surface area contributed by atoms with Crippen LogP contribution < -0.4 is 5.32 Å². The van der Waals surface area contributed by atoms with Crippen LogP contribution in [0.2, 0.25) is 0 Å². The van der Waals surface area contributed by atoms with Crippen molar-refractivity contribution in [2.24, 2.45) is 0 Å². The van der Waals surface area contributed by atoms with E-state index in [2.05, 4.69) is 66.9 Å².